The summed E-state index contributed by atoms with van der Waals surface area (Å²) in [7, 11) is -3.46. The lowest BCUT2D eigenvalue weighted by molar-refractivity contribution is 0.0947. The van der Waals surface area contributed by atoms with E-state index in [0.29, 0.717) is 11.4 Å². The van der Waals surface area contributed by atoms with Crippen LogP contribution in [0.2, 0.25) is 5.02 Å². The highest BCUT2D eigenvalue weighted by molar-refractivity contribution is 7.91. The van der Waals surface area contributed by atoms with Crippen molar-refractivity contribution in [3.05, 3.63) is 64.7 Å². The summed E-state index contributed by atoms with van der Waals surface area (Å²) in [6.07, 6.45) is 0.501. The molecule has 0 heterocycles. The maximum Gasteiger partial charge on any atom is 0.252 e. The van der Waals surface area contributed by atoms with Gasteiger partial charge in [0.25, 0.3) is 5.91 Å². The number of halogens is 1. The monoisotopic (exact) mass is 351 g/mol. The van der Waals surface area contributed by atoms with Crippen molar-refractivity contribution in [2.45, 2.75) is 24.8 Å². The predicted molar refractivity (Wildman–Crippen MR) is 91.4 cm³/mol. The Balaban J connectivity index is 2.20. The van der Waals surface area contributed by atoms with Crippen LogP contribution < -0.4 is 5.32 Å². The highest BCUT2D eigenvalue weighted by Crippen LogP contribution is 2.18. The Hall–Kier alpha value is -1.85. The molecule has 0 spiro atoms. The molecule has 1 amide bonds. The van der Waals surface area contributed by atoms with Gasteiger partial charge in [0.2, 0.25) is 0 Å². The van der Waals surface area contributed by atoms with Crippen LogP contribution in [-0.2, 0) is 16.4 Å². The largest absolute Gasteiger partial charge is 0.348 e. The molecule has 23 heavy (non-hydrogen) atoms. The van der Waals surface area contributed by atoms with E-state index in [-0.39, 0.29) is 22.8 Å². The number of benzene rings is 2. The highest BCUT2D eigenvalue weighted by Gasteiger charge is 2.21. The summed E-state index contributed by atoms with van der Waals surface area (Å²) in [5.41, 5.74) is 1.02. The number of carbonyl (C=O) groups is 1. The van der Waals surface area contributed by atoms with E-state index in [2.05, 4.69) is 5.32 Å². The number of hydrogen-bond acceptors (Lipinski definition) is 3. The molecule has 122 valence electrons. The van der Waals surface area contributed by atoms with Crippen molar-refractivity contribution in [2.75, 3.05) is 5.75 Å². The van der Waals surface area contributed by atoms with E-state index in [9.17, 15) is 13.2 Å². The van der Waals surface area contributed by atoms with E-state index in [1.807, 2.05) is 6.07 Å². The van der Waals surface area contributed by atoms with E-state index >= 15 is 0 Å². The van der Waals surface area contributed by atoms with Crippen molar-refractivity contribution in [2.24, 2.45) is 0 Å². The first-order valence-corrected chi connectivity index (χ1v) is 9.31. The molecule has 2 aromatic rings. The molecule has 0 aliphatic rings. The topological polar surface area (TPSA) is 63.2 Å². The summed E-state index contributed by atoms with van der Waals surface area (Å²) < 4.78 is 24.6. The average Bonchev–Trinajstić information content (AvgIpc) is 2.52. The predicted octanol–water partition coefficient (Wildman–Crippen LogP) is 3.45. The molecule has 0 bridgehead atoms. The van der Waals surface area contributed by atoms with Crippen LogP contribution in [0.25, 0.3) is 0 Å². The lowest BCUT2D eigenvalue weighted by Crippen LogP contribution is -2.25. The van der Waals surface area contributed by atoms with Crippen LogP contribution >= 0.6 is 11.6 Å². The lowest BCUT2D eigenvalue weighted by Gasteiger charge is -2.10. The van der Waals surface area contributed by atoms with Gasteiger partial charge >= 0.3 is 0 Å². The first-order chi connectivity index (χ1) is 10.9. The second-order valence-electron chi connectivity index (χ2n) is 5.13. The second-order valence-corrected chi connectivity index (χ2v) is 7.64. The number of sulfone groups is 1. The third-order valence-electron chi connectivity index (χ3n) is 3.28. The van der Waals surface area contributed by atoms with Crippen LogP contribution in [0.15, 0.2) is 53.4 Å². The standard InChI is InChI=1S/C17H18ClNO3S/c1-2-10-23(21,22)16-9-4-3-8-15(16)17(20)19-12-13-6-5-7-14(18)11-13/h3-9,11H,2,10,12H2,1H3,(H,19,20). The number of amides is 1. The second kappa shape index (κ2) is 7.62. The van der Waals surface area contributed by atoms with Gasteiger partial charge in [-0.25, -0.2) is 8.42 Å². The molecule has 0 radical (unpaired) electrons. The van der Waals surface area contributed by atoms with Gasteiger partial charge in [0.1, 0.15) is 0 Å². The van der Waals surface area contributed by atoms with Crippen molar-refractivity contribution in [3.63, 3.8) is 0 Å². The van der Waals surface area contributed by atoms with Gasteiger partial charge in [-0.05, 0) is 36.2 Å². The fourth-order valence-electron chi connectivity index (χ4n) is 2.23. The third kappa shape index (κ3) is 4.56. The molecule has 0 aliphatic heterocycles. The summed E-state index contributed by atoms with van der Waals surface area (Å²) in [4.78, 5) is 12.4. The maximum absolute atomic E-state index is 12.4. The van der Waals surface area contributed by atoms with Crippen molar-refractivity contribution in [1.82, 2.24) is 5.32 Å². The molecule has 0 saturated carbocycles. The molecule has 2 aromatic carbocycles. The molecule has 0 fully saturated rings. The Bertz CT molecular complexity index is 803. The molecule has 2 rings (SSSR count). The number of hydrogen-bond donors (Lipinski definition) is 1. The first-order valence-electron chi connectivity index (χ1n) is 7.28. The summed E-state index contributed by atoms with van der Waals surface area (Å²) in [6, 6.07) is 13.4. The number of carbonyl (C=O) groups excluding carboxylic acids is 1. The first kappa shape index (κ1) is 17.5. The van der Waals surface area contributed by atoms with Crippen LogP contribution in [0, 0.1) is 0 Å². The quantitative estimate of drug-likeness (QED) is 0.866. The fourth-order valence-corrected chi connectivity index (χ4v) is 3.98. The minimum absolute atomic E-state index is 0.0194. The number of rotatable bonds is 6. The molecular weight excluding hydrogens is 334 g/mol. The van der Waals surface area contributed by atoms with Crippen molar-refractivity contribution in [1.29, 1.82) is 0 Å². The Morgan fingerprint density at radius 3 is 2.57 bits per heavy atom. The molecule has 0 unspecified atom stereocenters. The van der Waals surface area contributed by atoms with E-state index in [4.69, 9.17) is 11.6 Å². The van der Waals surface area contributed by atoms with Crippen molar-refractivity contribution < 1.29 is 13.2 Å². The molecule has 0 atom stereocenters. The summed E-state index contributed by atoms with van der Waals surface area (Å²) in [5.74, 6) is -0.397. The Labute approximate surface area is 141 Å². The molecule has 0 aliphatic carbocycles. The van der Waals surface area contributed by atoms with Gasteiger partial charge in [-0.15, -0.1) is 0 Å². The lowest BCUT2D eigenvalue weighted by atomic mass is 10.2. The minimum atomic E-state index is -3.46. The van der Waals surface area contributed by atoms with Crippen LogP contribution in [0.1, 0.15) is 29.3 Å². The Kier molecular flexibility index (Phi) is 5.80. The maximum atomic E-state index is 12.4. The van der Waals surface area contributed by atoms with Gasteiger partial charge < -0.3 is 5.32 Å². The highest BCUT2D eigenvalue weighted by atomic mass is 35.5. The smallest absolute Gasteiger partial charge is 0.252 e. The molecule has 4 nitrogen and oxygen atoms in total. The van der Waals surface area contributed by atoms with Crippen LogP contribution in [0.5, 0.6) is 0 Å². The van der Waals surface area contributed by atoms with E-state index in [1.54, 1.807) is 37.3 Å². The third-order valence-corrected chi connectivity index (χ3v) is 5.49. The summed E-state index contributed by atoms with van der Waals surface area (Å²) in [5, 5.41) is 3.32. The molecule has 0 saturated heterocycles. The zero-order chi connectivity index (χ0) is 16.9. The minimum Gasteiger partial charge on any atom is -0.348 e. The zero-order valence-corrected chi connectivity index (χ0v) is 14.3. The van der Waals surface area contributed by atoms with Gasteiger partial charge in [0.05, 0.1) is 16.2 Å². The summed E-state index contributed by atoms with van der Waals surface area (Å²) in [6.45, 7) is 2.07. The van der Waals surface area contributed by atoms with E-state index < -0.39 is 15.7 Å². The normalized spacial score (nSPS) is 11.2. The number of nitrogens with one attached hydrogen (secondary N) is 1. The van der Waals surface area contributed by atoms with Crippen molar-refractivity contribution in [3.8, 4) is 0 Å². The van der Waals surface area contributed by atoms with Crippen molar-refractivity contribution >= 4 is 27.3 Å². The summed E-state index contributed by atoms with van der Waals surface area (Å²) >= 11 is 5.90. The van der Waals surface area contributed by atoms with Gasteiger partial charge in [-0.2, -0.15) is 0 Å². The van der Waals surface area contributed by atoms with Crippen LogP contribution in [0.3, 0.4) is 0 Å². The van der Waals surface area contributed by atoms with E-state index in [0.717, 1.165) is 5.56 Å². The SMILES string of the molecule is CCCS(=O)(=O)c1ccccc1C(=O)NCc1cccc(Cl)c1. The molecule has 6 heteroatoms. The Morgan fingerprint density at radius 1 is 1.13 bits per heavy atom. The van der Waals surface area contributed by atoms with E-state index in [1.165, 1.54) is 12.1 Å². The molecular formula is C17H18ClNO3S. The zero-order valence-electron chi connectivity index (χ0n) is 12.8. The van der Waals surface area contributed by atoms with Gasteiger partial charge in [-0.1, -0.05) is 42.8 Å². The Morgan fingerprint density at radius 2 is 1.87 bits per heavy atom. The van der Waals surface area contributed by atoms with Crippen LogP contribution in [0.4, 0.5) is 0 Å². The fraction of sp³-hybridized carbons (Fsp3) is 0.235. The van der Waals surface area contributed by atoms with Crippen LogP contribution in [-0.4, -0.2) is 20.1 Å². The molecule has 0 aromatic heterocycles. The van der Waals surface area contributed by atoms with Gasteiger partial charge in [0, 0.05) is 11.6 Å². The average molecular weight is 352 g/mol. The molecule has 1 N–H and O–H groups in total. The van der Waals surface area contributed by atoms with Gasteiger partial charge in [-0.3, -0.25) is 4.79 Å². The van der Waals surface area contributed by atoms with Gasteiger partial charge in [0.15, 0.2) is 9.84 Å².